The van der Waals surface area contributed by atoms with Crippen LogP contribution < -0.4 is 32.8 Å². The van der Waals surface area contributed by atoms with Crippen LogP contribution in [0.1, 0.15) is 22.3 Å². The molecule has 0 atom stereocenters. The summed E-state index contributed by atoms with van der Waals surface area (Å²) in [5.41, 5.74) is 23.5. The van der Waals surface area contributed by atoms with E-state index in [-0.39, 0.29) is 13.4 Å². The molecule has 0 aliphatic carbocycles. The van der Waals surface area contributed by atoms with Crippen LogP contribution in [0, 0.1) is 27.7 Å². The van der Waals surface area contributed by atoms with Crippen molar-refractivity contribution in [1.29, 1.82) is 0 Å². The number of sulfone groups is 1. The largest absolute Gasteiger partial charge is 0.243 e. The lowest BCUT2D eigenvalue weighted by atomic mass is 9.34. The summed E-state index contributed by atoms with van der Waals surface area (Å²) in [4.78, 5) is 0.763. The van der Waals surface area contributed by atoms with Crippen LogP contribution in [0.5, 0.6) is 0 Å². The van der Waals surface area contributed by atoms with Gasteiger partial charge in [0, 0.05) is 11.1 Å². The van der Waals surface area contributed by atoms with Gasteiger partial charge in [0.05, 0.1) is 9.79 Å². The van der Waals surface area contributed by atoms with Crippen LogP contribution in [0.15, 0.2) is 168 Å². The van der Waals surface area contributed by atoms with Gasteiger partial charge in [0.25, 0.3) is 0 Å². The third kappa shape index (κ3) is 4.82. The summed E-state index contributed by atoms with van der Waals surface area (Å²) >= 11 is 0. The minimum absolute atomic E-state index is 0.102. The molecule has 0 unspecified atom stereocenters. The van der Waals surface area contributed by atoms with Crippen LogP contribution in [0.4, 0.5) is 0 Å². The topological polar surface area (TPSA) is 34.1 Å². The fourth-order valence-corrected chi connectivity index (χ4v) is 12.2. The van der Waals surface area contributed by atoms with Gasteiger partial charge in [0.1, 0.15) is 0 Å². The predicted octanol–water partition coefficient (Wildman–Crippen LogP) is 8.06. The normalized spacial score (nSPS) is 13.8. The summed E-state index contributed by atoms with van der Waals surface area (Å²) < 4.78 is 28.9. The van der Waals surface area contributed by atoms with E-state index in [0.717, 1.165) is 22.1 Å². The van der Waals surface area contributed by atoms with Gasteiger partial charge in [-0.3, -0.25) is 0 Å². The van der Waals surface area contributed by atoms with Gasteiger partial charge in [0.15, 0.2) is 0 Å². The van der Waals surface area contributed by atoms with Gasteiger partial charge < -0.3 is 0 Å². The molecule has 0 saturated heterocycles. The Morgan fingerprint density at radius 1 is 0.316 bits per heavy atom. The van der Waals surface area contributed by atoms with Crippen molar-refractivity contribution < 1.29 is 8.42 Å². The smallest absolute Gasteiger partial charge is 0.218 e. The van der Waals surface area contributed by atoms with Crippen molar-refractivity contribution in [3.8, 4) is 55.6 Å². The summed E-state index contributed by atoms with van der Waals surface area (Å²) in [6.07, 6.45) is 0. The van der Waals surface area contributed by atoms with Crippen LogP contribution >= 0.6 is 0 Å². The maximum atomic E-state index is 14.5. The SMILES string of the molecule is Cc1cccc2c1B(c1ccc3c(c1)-c1cc(B4c5c(C)cccc5-c5ccccc5-c5cccc(C)c54)ccc1S3(=O)=O)c1c(C)cccc1-c1ccccc1-2. The minimum atomic E-state index is -3.74. The van der Waals surface area contributed by atoms with E-state index in [1.54, 1.807) is 0 Å². The summed E-state index contributed by atoms with van der Waals surface area (Å²) in [7, 11) is -3.74. The summed E-state index contributed by atoms with van der Waals surface area (Å²) in [6.45, 7) is 8.64. The summed E-state index contributed by atoms with van der Waals surface area (Å²) in [5, 5.41) is 0. The highest BCUT2D eigenvalue weighted by Gasteiger charge is 2.40. The van der Waals surface area contributed by atoms with Gasteiger partial charge in [-0.1, -0.05) is 201 Å². The Morgan fingerprint density at radius 2 is 0.596 bits per heavy atom. The number of hydrogen-bond acceptors (Lipinski definition) is 2. The van der Waals surface area contributed by atoms with Crippen molar-refractivity contribution >= 4 is 56.0 Å². The van der Waals surface area contributed by atoms with Crippen molar-refractivity contribution in [3.05, 3.63) is 180 Å². The van der Waals surface area contributed by atoms with Crippen LogP contribution in [0.3, 0.4) is 0 Å². The molecule has 8 aromatic carbocycles. The first-order valence-corrected chi connectivity index (χ1v) is 21.3. The Hall–Kier alpha value is -6.16. The highest BCUT2D eigenvalue weighted by Crippen LogP contribution is 2.43. The zero-order chi connectivity index (χ0) is 38.7. The lowest BCUT2D eigenvalue weighted by Crippen LogP contribution is -2.54. The second kappa shape index (κ2) is 12.4. The number of benzene rings is 8. The molecule has 0 amide bonds. The number of aryl methyl sites for hydroxylation is 4. The van der Waals surface area contributed by atoms with Gasteiger partial charge in [-0.15, -0.1) is 0 Å². The molecule has 3 aliphatic heterocycles. The molecule has 0 N–H and O–H groups in total. The van der Waals surface area contributed by atoms with Crippen LogP contribution in [-0.4, -0.2) is 21.8 Å². The number of fused-ring (bicyclic) bond motifs is 13. The maximum Gasteiger partial charge on any atom is 0.243 e. The molecular formula is C52H38B2O2S. The zero-order valence-electron chi connectivity index (χ0n) is 32.4. The van der Waals surface area contributed by atoms with Gasteiger partial charge in [-0.25, -0.2) is 8.42 Å². The van der Waals surface area contributed by atoms with Crippen LogP contribution in [0.2, 0.25) is 0 Å². The molecule has 8 aromatic rings. The van der Waals surface area contributed by atoms with E-state index < -0.39 is 9.84 Å². The van der Waals surface area contributed by atoms with E-state index in [1.807, 2.05) is 12.1 Å². The standard InChI is InChI=1S/C52H38B2O2S/c1-31-13-9-21-41-37-17-5-6-18-38(37)42-22-10-14-32(2)50(42)53(49(31)41)35-25-27-47-45(29-35)46-30-36(26-28-48(46)57(47,55)56)54-51-33(3)15-11-23-43(51)39-19-7-8-20-40(39)44-24-12-16-34(4)52(44)54/h5-30H,1-4H3. The number of rotatable bonds is 2. The molecule has 57 heavy (non-hydrogen) atoms. The number of hydrogen-bond donors (Lipinski definition) is 0. The first kappa shape index (κ1) is 34.1. The second-order valence-corrected chi connectivity index (χ2v) is 18.0. The average Bonchev–Trinajstić information content (AvgIpc) is 3.31. The Balaban J connectivity index is 1.16. The lowest BCUT2D eigenvalue weighted by Gasteiger charge is -2.23. The fourth-order valence-electron chi connectivity index (χ4n) is 10.5. The fraction of sp³-hybridized carbons (Fsp3) is 0.0769. The van der Waals surface area contributed by atoms with E-state index >= 15 is 0 Å². The van der Waals surface area contributed by atoms with E-state index in [4.69, 9.17) is 0 Å². The Morgan fingerprint density at radius 3 is 0.895 bits per heavy atom. The average molecular weight is 749 g/mol. The Labute approximate surface area is 336 Å². The minimum Gasteiger partial charge on any atom is -0.218 e. The van der Waals surface area contributed by atoms with Gasteiger partial charge in [-0.2, -0.15) is 0 Å². The predicted molar refractivity (Wildman–Crippen MR) is 240 cm³/mol. The van der Waals surface area contributed by atoms with Crippen LogP contribution in [0.25, 0.3) is 55.6 Å². The quantitative estimate of drug-likeness (QED) is 0.168. The molecule has 5 heteroatoms. The molecule has 0 fully saturated rings. The third-order valence-electron chi connectivity index (χ3n) is 13.0. The van der Waals surface area contributed by atoms with E-state index in [9.17, 15) is 8.42 Å². The summed E-state index contributed by atoms with van der Waals surface area (Å²) in [6, 6.07) is 56.2. The zero-order valence-corrected chi connectivity index (χ0v) is 33.2. The highest BCUT2D eigenvalue weighted by atomic mass is 32.2. The lowest BCUT2D eigenvalue weighted by molar-refractivity contribution is 0.598. The third-order valence-corrected chi connectivity index (χ3v) is 14.9. The van der Waals surface area contributed by atoms with E-state index in [1.165, 1.54) is 88.6 Å². The molecule has 270 valence electrons. The van der Waals surface area contributed by atoms with Crippen molar-refractivity contribution in [1.82, 2.24) is 0 Å². The van der Waals surface area contributed by atoms with Crippen LogP contribution in [-0.2, 0) is 9.84 Å². The molecule has 0 spiro atoms. The van der Waals surface area contributed by atoms with E-state index in [0.29, 0.717) is 9.79 Å². The second-order valence-electron chi connectivity index (χ2n) is 16.1. The molecule has 3 heterocycles. The first-order chi connectivity index (χ1) is 27.7. The van der Waals surface area contributed by atoms with Crippen molar-refractivity contribution in [3.63, 3.8) is 0 Å². The first-order valence-electron chi connectivity index (χ1n) is 19.8. The molecule has 0 radical (unpaired) electrons. The maximum absolute atomic E-state index is 14.5. The molecule has 0 saturated carbocycles. The Kier molecular flexibility index (Phi) is 7.43. The summed E-state index contributed by atoms with van der Waals surface area (Å²) in [5.74, 6) is 0. The molecule has 3 aliphatic rings. The van der Waals surface area contributed by atoms with Crippen molar-refractivity contribution in [2.24, 2.45) is 0 Å². The van der Waals surface area contributed by atoms with Crippen molar-refractivity contribution in [2.45, 2.75) is 37.5 Å². The molecule has 2 nitrogen and oxygen atoms in total. The Bertz CT molecular complexity index is 2810. The molecular weight excluding hydrogens is 710 g/mol. The molecule has 0 aromatic heterocycles. The molecule has 0 bridgehead atoms. The van der Waals surface area contributed by atoms with Crippen molar-refractivity contribution in [2.75, 3.05) is 0 Å². The van der Waals surface area contributed by atoms with E-state index in [2.05, 4.69) is 173 Å². The molecule has 11 rings (SSSR count). The van der Waals surface area contributed by atoms with Gasteiger partial charge in [-0.05, 0) is 84.3 Å². The highest BCUT2D eigenvalue weighted by molar-refractivity contribution is 7.92. The van der Waals surface area contributed by atoms with Gasteiger partial charge >= 0.3 is 0 Å². The monoisotopic (exact) mass is 748 g/mol. The van der Waals surface area contributed by atoms with Gasteiger partial charge in [0.2, 0.25) is 23.3 Å².